The summed E-state index contributed by atoms with van der Waals surface area (Å²) in [6.07, 6.45) is 9.20. The lowest BCUT2D eigenvalue weighted by Gasteiger charge is -2.22. The molecule has 3 rings (SSSR count). The second kappa shape index (κ2) is 5.07. The van der Waals surface area contributed by atoms with Crippen LogP contribution < -0.4 is 5.32 Å². The molecule has 0 amide bonds. The van der Waals surface area contributed by atoms with Crippen molar-refractivity contribution < 1.29 is 0 Å². The summed E-state index contributed by atoms with van der Waals surface area (Å²) in [4.78, 5) is 6.49. The average molecular weight is 250 g/mol. The van der Waals surface area contributed by atoms with E-state index in [2.05, 4.69) is 12.2 Å². The largest absolute Gasteiger partial charge is 0.309 e. The van der Waals surface area contributed by atoms with Gasteiger partial charge in [-0.2, -0.15) is 0 Å². The molecule has 0 spiro atoms. The molecule has 2 aliphatic rings. The van der Waals surface area contributed by atoms with Crippen molar-refractivity contribution in [2.75, 3.05) is 6.54 Å². The van der Waals surface area contributed by atoms with Gasteiger partial charge in [0.2, 0.25) is 0 Å². The fourth-order valence-corrected chi connectivity index (χ4v) is 3.93. The minimum atomic E-state index is 0.544. The van der Waals surface area contributed by atoms with Gasteiger partial charge < -0.3 is 5.32 Å². The zero-order chi connectivity index (χ0) is 11.7. The summed E-state index contributed by atoms with van der Waals surface area (Å²) in [5.41, 5.74) is 1.39. The van der Waals surface area contributed by atoms with Gasteiger partial charge in [0.1, 0.15) is 0 Å². The summed E-state index contributed by atoms with van der Waals surface area (Å²) >= 11 is 1.99. The Morgan fingerprint density at radius 2 is 2.24 bits per heavy atom. The third-order valence-electron chi connectivity index (χ3n) is 3.80. The maximum atomic E-state index is 4.92. The van der Waals surface area contributed by atoms with Crippen molar-refractivity contribution in [3.63, 3.8) is 0 Å². The number of rotatable bonds is 5. The van der Waals surface area contributed by atoms with Gasteiger partial charge in [-0.05, 0) is 51.0 Å². The first kappa shape index (κ1) is 11.7. The first-order valence-corrected chi connectivity index (χ1v) is 7.90. The predicted octanol–water partition coefficient (Wildman–Crippen LogP) is 3.47. The molecule has 1 aromatic rings. The van der Waals surface area contributed by atoms with E-state index in [1.165, 1.54) is 55.6 Å². The van der Waals surface area contributed by atoms with E-state index in [1.807, 2.05) is 11.3 Å². The van der Waals surface area contributed by atoms with E-state index in [1.54, 1.807) is 4.88 Å². The molecular weight excluding hydrogens is 228 g/mol. The van der Waals surface area contributed by atoms with Crippen LogP contribution in [0.5, 0.6) is 0 Å². The smallest absolute Gasteiger partial charge is 0.0934 e. The highest BCUT2D eigenvalue weighted by Crippen LogP contribution is 2.38. The normalized spacial score (nSPS) is 23.7. The highest BCUT2D eigenvalue weighted by Gasteiger charge is 2.27. The lowest BCUT2D eigenvalue weighted by atomic mass is 9.97. The standard InChI is InChI=1S/C14H22N2S/c1-2-8-15-11-4-3-5-12-14(11)16-13(17-12)9-10-6-7-10/h10-11,15H,2-9H2,1H3. The highest BCUT2D eigenvalue weighted by atomic mass is 32.1. The Kier molecular flexibility index (Phi) is 3.48. The summed E-state index contributed by atoms with van der Waals surface area (Å²) < 4.78 is 0. The molecule has 0 saturated heterocycles. The van der Waals surface area contributed by atoms with E-state index in [0.29, 0.717) is 6.04 Å². The average Bonchev–Trinajstić information content (AvgIpc) is 3.04. The maximum absolute atomic E-state index is 4.92. The number of thiazole rings is 1. The SMILES string of the molecule is CCCNC1CCCc2sc(CC3CC3)nc21. The molecule has 0 bridgehead atoms. The van der Waals surface area contributed by atoms with Crippen LogP contribution in [0.15, 0.2) is 0 Å². The van der Waals surface area contributed by atoms with Crippen LogP contribution in [-0.4, -0.2) is 11.5 Å². The Hall–Kier alpha value is -0.410. The van der Waals surface area contributed by atoms with Crippen molar-refractivity contribution in [1.29, 1.82) is 0 Å². The lowest BCUT2D eigenvalue weighted by Crippen LogP contribution is -2.25. The van der Waals surface area contributed by atoms with Crippen molar-refractivity contribution in [3.8, 4) is 0 Å². The molecule has 1 saturated carbocycles. The monoisotopic (exact) mass is 250 g/mol. The van der Waals surface area contributed by atoms with Crippen molar-refractivity contribution >= 4 is 11.3 Å². The molecule has 0 aliphatic heterocycles. The van der Waals surface area contributed by atoms with E-state index in [4.69, 9.17) is 4.98 Å². The Bertz CT molecular complexity index is 382. The summed E-state index contributed by atoms with van der Waals surface area (Å²) in [7, 11) is 0. The fraction of sp³-hybridized carbons (Fsp3) is 0.786. The minimum absolute atomic E-state index is 0.544. The molecule has 2 nitrogen and oxygen atoms in total. The summed E-state index contributed by atoms with van der Waals surface area (Å²) in [5.74, 6) is 0.963. The van der Waals surface area contributed by atoms with Crippen LogP contribution in [0.4, 0.5) is 0 Å². The molecule has 1 unspecified atom stereocenters. The van der Waals surface area contributed by atoms with Crippen LogP contribution in [0.2, 0.25) is 0 Å². The van der Waals surface area contributed by atoms with Crippen LogP contribution in [0.1, 0.15) is 60.6 Å². The van der Waals surface area contributed by atoms with Crippen molar-refractivity contribution in [2.45, 2.75) is 57.9 Å². The van der Waals surface area contributed by atoms with Crippen molar-refractivity contribution in [2.24, 2.45) is 5.92 Å². The predicted molar refractivity (Wildman–Crippen MR) is 72.5 cm³/mol. The molecule has 1 heterocycles. The Morgan fingerprint density at radius 3 is 3.00 bits per heavy atom. The third kappa shape index (κ3) is 2.71. The molecule has 94 valence electrons. The zero-order valence-corrected chi connectivity index (χ0v) is 11.5. The second-order valence-corrected chi connectivity index (χ2v) is 6.63. The van der Waals surface area contributed by atoms with Gasteiger partial charge in [-0.15, -0.1) is 11.3 Å². The van der Waals surface area contributed by atoms with Crippen LogP contribution in [0.25, 0.3) is 0 Å². The van der Waals surface area contributed by atoms with Gasteiger partial charge in [-0.25, -0.2) is 4.98 Å². The number of aromatic nitrogens is 1. The topological polar surface area (TPSA) is 24.9 Å². The minimum Gasteiger partial charge on any atom is -0.309 e. The van der Waals surface area contributed by atoms with Crippen molar-refractivity contribution in [3.05, 3.63) is 15.6 Å². The Labute approximate surface area is 108 Å². The summed E-state index contributed by atoms with van der Waals surface area (Å²) in [6, 6.07) is 0.544. The third-order valence-corrected chi connectivity index (χ3v) is 4.95. The molecule has 3 heteroatoms. The first-order valence-electron chi connectivity index (χ1n) is 7.08. The molecule has 1 N–H and O–H groups in total. The van der Waals surface area contributed by atoms with Crippen LogP contribution in [0, 0.1) is 5.92 Å². The van der Waals surface area contributed by atoms with Gasteiger partial charge in [-0.3, -0.25) is 0 Å². The summed E-state index contributed by atoms with van der Waals surface area (Å²) in [6.45, 7) is 3.36. The van der Waals surface area contributed by atoms with Gasteiger partial charge in [0, 0.05) is 11.3 Å². The van der Waals surface area contributed by atoms with Crippen molar-refractivity contribution in [1.82, 2.24) is 10.3 Å². The lowest BCUT2D eigenvalue weighted by molar-refractivity contribution is 0.453. The van der Waals surface area contributed by atoms with Gasteiger partial charge in [-0.1, -0.05) is 6.92 Å². The second-order valence-electron chi connectivity index (χ2n) is 5.46. The van der Waals surface area contributed by atoms with Gasteiger partial charge >= 0.3 is 0 Å². The molecule has 2 aliphatic carbocycles. The number of nitrogens with one attached hydrogen (secondary N) is 1. The maximum Gasteiger partial charge on any atom is 0.0934 e. The highest BCUT2D eigenvalue weighted by molar-refractivity contribution is 7.11. The molecule has 0 aromatic carbocycles. The van der Waals surface area contributed by atoms with E-state index in [9.17, 15) is 0 Å². The number of fused-ring (bicyclic) bond motifs is 1. The number of hydrogen-bond acceptors (Lipinski definition) is 3. The number of hydrogen-bond donors (Lipinski definition) is 1. The van der Waals surface area contributed by atoms with Crippen LogP contribution in [0.3, 0.4) is 0 Å². The molecular formula is C14H22N2S. The van der Waals surface area contributed by atoms with Crippen LogP contribution in [-0.2, 0) is 12.8 Å². The Morgan fingerprint density at radius 1 is 1.35 bits per heavy atom. The van der Waals surface area contributed by atoms with E-state index < -0.39 is 0 Å². The molecule has 17 heavy (non-hydrogen) atoms. The van der Waals surface area contributed by atoms with E-state index >= 15 is 0 Å². The molecule has 1 atom stereocenters. The fourth-order valence-electron chi connectivity index (χ4n) is 2.64. The summed E-state index contributed by atoms with van der Waals surface area (Å²) in [5, 5.41) is 5.06. The van der Waals surface area contributed by atoms with Gasteiger partial charge in [0.05, 0.1) is 16.7 Å². The molecule has 1 fully saturated rings. The van der Waals surface area contributed by atoms with Gasteiger partial charge in [0.15, 0.2) is 0 Å². The van der Waals surface area contributed by atoms with Crippen LogP contribution >= 0.6 is 11.3 Å². The first-order chi connectivity index (χ1) is 8.36. The number of aryl methyl sites for hydroxylation is 1. The van der Waals surface area contributed by atoms with Gasteiger partial charge in [0.25, 0.3) is 0 Å². The quantitative estimate of drug-likeness (QED) is 0.865. The number of nitrogens with zero attached hydrogens (tertiary/aromatic N) is 1. The molecule has 0 radical (unpaired) electrons. The van der Waals surface area contributed by atoms with E-state index in [-0.39, 0.29) is 0 Å². The Balaban J connectivity index is 1.73. The van der Waals surface area contributed by atoms with E-state index in [0.717, 1.165) is 12.5 Å². The zero-order valence-electron chi connectivity index (χ0n) is 10.7. The molecule has 1 aromatic heterocycles.